The first kappa shape index (κ1) is 22.2. The Morgan fingerprint density at radius 3 is 1.65 bits per heavy atom. The van der Waals surface area contributed by atoms with Gasteiger partial charge in [-0.1, -0.05) is 0 Å². The molecule has 8 nitrogen and oxygen atoms in total. The minimum absolute atomic E-state index is 0.189. The van der Waals surface area contributed by atoms with Gasteiger partial charge in [-0.05, 0) is 19.5 Å². The van der Waals surface area contributed by atoms with Crippen LogP contribution in [0.25, 0.3) is 0 Å². The minimum Gasteiger partial charge on any atom is -0.481 e. The van der Waals surface area contributed by atoms with Gasteiger partial charge in [0, 0.05) is 59.5 Å². The number of carbonyl (C=O) groups is 1. The minimum atomic E-state index is -0.751. The van der Waals surface area contributed by atoms with Crippen molar-refractivity contribution in [3.63, 3.8) is 0 Å². The van der Waals surface area contributed by atoms with Gasteiger partial charge in [-0.25, -0.2) is 0 Å². The van der Waals surface area contributed by atoms with Crippen molar-refractivity contribution in [2.24, 2.45) is 0 Å². The van der Waals surface area contributed by atoms with Crippen LogP contribution in [0.4, 0.5) is 0 Å². The number of hydrogen-bond acceptors (Lipinski definition) is 7. The predicted octanol–water partition coefficient (Wildman–Crippen LogP) is -1.55. The van der Waals surface area contributed by atoms with E-state index in [4.69, 9.17) is 9.84 Å². The summed E-state index contributed by atoms with van der Waals surface area (Å²) in [6.45, 7) is 9.80. The highest BCUT2D eigenvalue weighted by atomic mass is 16.5. The van der Waals surface area contributed by atoms with Gasteiger partial charge in [0.2, 0.25) is 0 Å². The van der Waals surface area contributed by atoms with E-state index in [1.165, 1.54) is 0 Å². The van der Waals surface area contributed by atoms with Crippen LogP contribution in [0.15, 0.2) is 0 Å². The first-order chi connectivity index (χ1) is 11.3. The van der Waals surface area contributed by atoms with Crippen molar-refractivity contribution >= 4 is 5.97 Å². The average Bonchev–Trinajstić information content (AvgIpc) is 2.53. The van der Waals surface area contributed by atoms with Crippen LogP contribution in [0.3, 0.4) is 0 Å². The van der Waals surface area contributed by atoms with Gasteiger partial charge in [-0.2, -0.15) is 0 Å². The fourth-order valence-electron chi connectivity index (χ4n) is 1.86. The number of rotatable bonds is 19. The zero-order chi connectivity index (χ0) is 17.0. The van der Waals surface area contributed by atoms with E-state index in [0.29, 0.717) is 6.54 Å². The van der Waals surface area contributed by atoms with Crippen LogP contribution in [-0.4, -0.2) is 90.2 Å². The molecule has 138 valence electrons. The van der Waals surface area contributed by atoms with Crippen molar-refractivity contribution in [2.45, 2.75) is 12.8 Å². The first-order valence-electron chi connectivity index (χ1n) is 8.51. The molecule has 0 rings (SSSR count). The maximum absolute atomic E-state index is 10.3. The average molecular weight is 333 g/mol. The molecule has 0 aliphatic carbocycles. The second-order valence-electron chi connectivity index (χ2n) is 5.24. The lowest BCUT2D eigenvalue weighted by molar-refractivity contribution is -0.136. The van der Waals surface area contributed by atoms with Gasteiger partial charge in [-0.3, -0.25) is 4.79 Å². The standard InChI is InChI=1S/C15H35N5O3/c1-23-14-13-20-12-11-19-10-9-18-8-7-17-5-2-4-16-6-3-15(21)22/h16-20H,2-14H2,1H3,(H,21,22). The van der Waals surface area contributed by atoms with E-state index >= 15 is 0 Å². The molecule has 0 amide bonds. The molecule has 0 unspecified atom stereocenters. The Hall–Kier alpha value is -0.770. The predicted molar refractivity (Wildman–Crippen MR) is 93.1 cm³/mol. The lowest BCUT2D eigenvalue weighted by atomic mass is 10.4. The molecule has 0 heterocycles. The van der Waals surface area contributed by atoms with E-state index in [2.05, 4.69) is 26.6 Å². The van der Waals surface area contributed by atoms with Crippen LogP contribution in [0.5, 0.6) is 0 Å². The molecule has 0 aliphatic rings. The lowest BCUT2D eigenvalue weighted by Crippen LogP contribution is -2.36. The molecule has 0 radical (unpaired) electrons. The Kier molecular flexibility index (Phi) is 18.6. The number of hydrogen-bond donors (Lipinski definition) is 6. The summed E-state index contributed by atoms with van der Waals surface area (Å²) in [5.41, 5.74) is 0. The maximum atomic E-state index is 10.3. The van der Waals surface area contributed by atoms with Crippen molar-refractivity contribution in [2.75, 3.05) is 79.2 Å². The van der Waals surface area contributed by atoms with Crippen molar-refractivity contribution in [1.82, 2.24) is 26.6 Å². The second-order valence-corrected chi connectivity index (χ2v) is 5.24. The number of aliphatic carboxylic acids is 1. The third-order valence-corrected chi connectivity index (χ3v) is 3.14. The number of methoxy groups -OCH3 is 1. The largest absolute Gasteiger partial charge is 0.481 e. The van der Waals surface area contributed by atoms with Crippen LogP contribution in [0, 0.1) is 0 Å². The maximum Gasteiger partial charge on any atom is 0.304 e. The van der Waals surface area contributed by atoms with E-state index in [1.807, 2.05) is 0 Å². The monoisotopic (exact) mass is 333 g/mol. The van der Waals surface area contributed by atoms with Crippen LogP contribution in [0.1, 0.15) is 12.8 Å². The second kappa shape index (κ2) is 19.3. The van der Waals surface area contributed by atoms with Gasteiger partial charge in [0.15, 0.2) is 0 Å². The molecule has 0 aromatic rings. The number of carboxylic acids is 1. The zero-order valence-electron chi connectivity index (χ0n) is 14.5. The summed E-state index contributed by atoms with van der Waals surface area (Å²) in [5, 5.41) is 25.0. The Morgan fingerprint density at radius 1 is 0.739 bits per heavy atom. The van der Waals surface area contributed by atoms with Gasteiger partial charge >= 0.3 is 5.97 Å². The highest BCUT2D eigenvalue weighted by Gasteiger charge is 1.95. The first-order valence-corrected chi connectivity index (χ1v) is 8.51. The van der Waals surface area contributed by atoms with Crippen LogP contribution in [0.2, 0.25) is 0 Å². The fraction of sp³-hybridized carbons (Fsp3) is 0.933. The molecule has 0 aromatic heterocycles. The van der Waals surface area contributed by atoms with Crippen molar-refractivity contribution in [3.8, 4) is 0 Å². The Bertz CT molecular complexity index is 257. The molecule has 8 heteroatoms. The van der Waals surface area contributed by atoms with Gasteiger partial charge < -0.3 is 36.4 Å². The molecule has 0 spiro atoms. The molecule has 6 N–H and O–H groups in total. The van der Waals surface area contributed by atoms with Crippen LogP contribution < -0.4 is 26.6 Å². The summed E-state index contributed by atoms with van der Waals surface area (Å²) in [5.74, 6) is -0.751. The topological polar surface area (TPSA) is 107 Å². The van der Waals surface area contributed by atoms with Gasteiger partial charge in [0.1, 0.15) is 0 Å². The van der Waals surface area contributed by atoms with Crippen molar-refractivity contribution in [1.29, 1.82) is 0 Å². The summed E-state index contributed by atoms with van der Waals surface area (Å²) >= 11 is 0. The summed E-state index contributed by atoms with van der Waals surface area (Å²) < 4.78 is 4.95. The van der Waals surface area contributed by atoms with Gasteiger partial charge in [0.05, 0.1) is 13.0 Å². The molecule has 0 aromatic carbocycles. The van der Waals surface area contributed by atoms with E-state index in [-0.39, 0.29) is 6.42 Å². The molecular formula is C15H35N5O3. The van der Waals surface area contributed by atoms with Crippen LogP contribution in [-0.2, 0) is 9.53 Å². The third-order valence-electron chi connectivity index (χ3n) is 3.14. The summed E-state index contributed by atoms with van der Waals surface area (Å²) in [7, 11) is 1.71. The molecule has 0 fully saturated rings. The molecule has 0 aliphatic heterocycles. The summed E-state index contributed by atoms with van der Waals surface area (Å²) in [6.07, 6.45) is 1.20. The third kappa shape index (κ3) is 21.2. The molecule has 0 saturated heterocycles. The van der Waals surface area contributed by atoms with Crippen molar-refractivity contribution < 1.29 is 14.6 Å². The quantitative estimate of drug-likeness (QED) is 0.158. The molecule has 0 saturated carbocycles. The Morgan fingerprint density at radius 2 is 1.17 bits per heavy atom. The van der Waals surface area contributed by atoms with E-state index in [1.54, 1.807) is 7.11 Å². The lowest BCUT2D eigenvalue weighted by Gasteiger charge is -2.08. The van der Waals surface area contributed by atoms with Crippen molar-refractivity contribution in [3.05, 3.63) is 0 Å². The summed E-state index contributed by atoms with van der Waals surface area (Å²) in [4.78, 5) is 10.3. The zero-order valence-corrected chi connectivity index (χ0v) is 14.5. The highest BCUT2D eigenvalue weighted by molar-refractivity contribution is 5.66. The highest BCUT2D eigenvalue weighted by Crippen LogP contribution is 1.77. The molecule has 0 bridgehead atoms. The Balaban J connectivity index is 2.96. The Labute approximate surface area is 140 Å². The van der Waals surface area contributed by atoms with Gasteiger partial charge in [0.25, 0.3) is 0 Å². The van der Waals surface area contributed by atoms with E-state index < -0.39 is 5.97 Å². The fourth-order valence-corrected chi connectivity index (χ4v) is 1.86. The normalized spacial score (nSPS) is 11.0. The molecule has 0 atom stereocenters. The number of ether oxygens (including phenoxy) is 1. The van der Waals surface area contributed by atoms with E-state index in [9.17, 15) is 4.79 Å². The van der Waals surface area contributed by atoms with Crippen LogP contribution >= 0.6 is 0 Å². The molecule has 23 heavy (non-hydrogen) atoms. The number of nitrogens with one attached hydrogen (secondary N) is 5. The number of carboxylic acid groups (broad SMARTS) is 1. The van der Waals surface area contributed by atoms with Gasteiger partial charge in [-0.15, -0.1) is 0 Å². The summed E-state index contributed by atoms with van der Waals surface area (Å²) in [6, 6.07) is 0. The molecular weight excluding hydrogens is 298 g/mol. The SMILES string of the molecule is COCCNCCNCCNCCNCCCNCCC(=O)O. The smallest absolute Gasteiger partial charge is 0.304 e. The van der Waals surface area contributed by atoms with E-state index in [0.717, 1.165) is 71.9 Å².